The summed E-state index contributed by atoms with van der Waals surface area (Å²) in [6.07, 6.45) is 1.99. The van der Waals surface area contributed by atoms with Crippen LogP contribution < -0.4 is 0 Å². The van der Waals surface area contributed by atoms with E-state index in [4.69, 9.17) is 9.79 Å². The predicted molar refractivity (Wildman–Crippen MR) is 54.1 cm³/mol. The molecule has 0 aliphatic heterocycles. The Morgan fingerprint density at radius 3 is 2.54 bits per heavy atom. The van der Waals surface area contributed by atoms with Crippen LogP contribution >= 0.6 is 8.03 Å². The largest absolute Gasteiger partial charge is 0.327 e. The SMILES string of the molecule is CCC(CCC#N)O[PH](=O)C(C)C. The van der Waals surface area contributed by atoms with E-state index in [1.54, 1.807) is 0 Å². The summed E-state index contributed by atoms with van der Waals surface area (Å²) >= 11 is 0. The molecule has 0 radical (unpaired) electrons. The molecule has 0 aliphatic rings. The van der Waals surface area contributed by atoms with E-state index < -0.39 is 8.03 Å². The van der Waals surface area contributed by atoms with Crippen LogP contribution in [0.3, 0.4) is 0 Å². The zero-order valence-corrected chi connectivity index (χ0v) is 9.54. The van der Waals surface area contributed by atoms with Gasteiger partial charge in [-0.05, 0) is 12.8 Å². The van der Waals surface area contributed by atoms with Gasteiger partial charge in [0.1, 0.15) is 0 Å². The Morgan fingerprint density at radius 2 is 2.15 bits per heavy atom. The summed E-state index contributed by atoms with van der Waals surface area (Å²) in [5.74, 6) is 0. The van der Waals surface area contributed by atoms with Crippen molar-refractivity contribution < 1.29 is 9.09 Å². The fourth-order valence-corrected chi connectivity index (χ4v) is 1.76. The number of hydrogen-bond donors (Lipinski definition) is 0. The summed E-state index contributed by atoms with van der Waals surface area (Å²) in [7, 11) is -1.91. The number of nitrogens with zero attached hydrogens (tertiary/aromatic N) is 1. The van der Waals surface area contributed by atoms with Gasteiger partial charge in [0.05, 0.1) is 12.2 Å². The van der Waals surface area contributed by atoms with Crippen LogP contribution in [0.2, 0.25) is 0 Å². The Morgan fingerprint density at radius 1 is 1.54 bits per heavy atom. The van der Waals surface area contributed by atoms with Gasteiger partial charge in [0.25, 0.3) is 0 Å². The van der Waals surface area contributed by atoms with Crippen molar-refractivity contribution in [1.29, 1.82) is 5.26 Å². The molecule has 76 valence electrons. The van der Waals surface area contributed by atoms with E-state index in [2.05, 4.69) is 6.07 Å². The van der Waals surface area contributed by atoms with E-state index in [0.29, 0.717) is 12.8 Å². The first-order valence-electron chi connectivity index (χ1n) is 4.69. The van der Waals surface area contributed by atoms with E-state index in [1.165, 1.54) is 0 Å². The predicted octanol–water partition coefficient (Wildman–Crippen LogP) is 2.97. The smallest absolute Gasteiger partial charge is 0.194 e. The molecule has 3 nitrogen and oxygen atoms in total. The van der Waals surface area contributed by atoms with Gasteiger partial charge in [-0.2, -0.15) is 5.26 Å². The quantitative estimate of drug-likeness (QED) is 0.623. The third kappa shape index (κ3) is 5.85. The van der Waals surface area contributed by atoms with Crippen LogP contribution in [0.4, 0.5) is 0 Å². The lowest BCUT2D eigenvalue weighted by molar-refractivity contribution is 0.199. The summed E-state index contributed by atoms with van der Waals surface area (Å²) in [5, 5.41) is 8.38. The molecule has 0 aromatic heterocycles. The first-order chi connectivity index (χ1) is 6.11. The normalized spacial score (nSPS) is 15.3. The third-order valence-electron chi connectivity index (χ3n) is 1.79. The molecule has 0 bridgehead atoms. The number of rotatable bonds is 6. The highest BCUT2D eigenvalue weighted by atomic mass is 31.1. The van der Waals surface area contributed by atoms with Gasteiger partial charge >= 0.3 is 0 Å². The molecule has 0 rings (SSSR count). The first-order valence-corrected chi connectivity index (χ1v) is 6.08. The molecule has 2 unspecified atom stereocenters. The molecule has 0 saturated carbocycles. The highest BCUT2D eigenvalue weighted by Crippen LogP contribution is 2.32. The summed E-state index contributed by atoms with van der Waals surface area (Å²) < 4.78 is 16.7. The van der Waals surface area contributed by atoms with Crippen molar-refractivity contribution >= 4 is 8.03 Å². The molecule has 0 aromatic rings. The topological polar surface area (TPSA) is 50.1 Å². The molecule has 0 saturated heterocycles. The lowest BCUT2D eigenvalue weighted by Gasteiger charge is -2.15. The Hall–Kier alpha value is -0.320. The van der Waals surface area contributed by atoms with Gasteiger partial charge in [0.15, 0.2) is 8.03 Å². The van der Waals surface area contributed by atoms with Crippen molar-refractivity contribution in [2.75, 3.05) is 0 Å². The van der Waals surface area contributed by atoms with Crippen molar-refractivity contribution in [3.63, 3.8) is 0 Å². The van der Waals surface area contributed by atoms with Crippen LogP contribution in [0, 0.1) is 11.3 Å². The van der Waals surface area contributed by atoms with E-state index in [9.17, 15) is 4.57 Å². The molecule has 0 fully saturated rings. The Kier molecular flexibility index (Phi) is 6.94. The van der Waals surface area contributed by atoms with Gasteiger partial charge in [-0.15, -0.1) is 0 Å². The van der Waals surface area contributed by atoms with Crippen molar-refractivity contribution in [3.05, 3.63) is 0 Å². The molecule has 4 heteroatoms. The second kappa shape index (κ2) is 7.12. The maximum atomic E-state index is 11.4. The van der Waals surface area contributed by atoms with Crippen molar-refractivity contribution in [1.82, 2.24) is 0 Å². The van der Waals surface area contributed by atoms with E-state index in [-0.39, 0.29) is 11.8 Å². The molecule has 0 amide bonds. The second-order valence-electron chi connectivity index (χ2n) is 3.32. The standard InChI is InChI=1S/C9H18NO2P/c1-4-9(6-5-7-10)12-13(11)8(2)3/h8-9,13H,4-6H2,1-3H3. The maximum Gasteiger partial charge on any atom is 0.194 e. The Balaban J connectivity index is 3.84. The molecule has 0 aromatic carbocycles. The zero-order chi connectivity index (χ0) is 10.3. The molecule has 0 heterocycles. The fraction of sp³-hybridized carbons (Fsp3) is 0.889. The summed E-state index contributed by atoms with van der Waals surface area (Å²) in [6.45, 7) is 5.76. The minimum Gasteiger partial charge on any atom is -0.327 e. The first kappa shape index (κ1) is 12.7. The molecular formula is C9H18NO2P. The van der Waals surface area contributed by atoms with Crippen LogP contribution in [0.25, 0.3) is 0 Å². The van der Waals surface area contributed by atoms with Gasteiger partial charge in [-0.3, -0.25) is 4.57 Å². The van der Waals surface area contributed by atoms with E-state index in [1.807, 2.05) is 20.8 Å². The van der Waals surface area contributed by atoms with Gasteiger partial charge in [0, 0.05) is 12.1 Å². The van der Waals surface area contributed by atoms with E-state index >= 15 is 0 Å². The minimum atomic E-state index is -1.91. The van der Waals surface area contributed by atoms with Gasteiger partial charge < -0.3 is 4.52 Å². The Labute approximate surface area is 81.0 Å². The fourth-order valence-electron chi connectivity index (χ4n) is 0.872. The molecule has 0 N–H and O–H groups in total. The Bertz CT molecular complexity index is 198. The average molecular weight is 203 g/mol. The molecule has 2 atom stereocenters. The van der Waals surface area contributed by atoms with Crippen LogP contribution in [0.5, 0.6) is 0 Å². The zero-order valence-electron chi connectivity index (χ0n) is 8.54. The van der Waals surface area contributed by atoms with Crippen molar-refractivity contribution in [2.45, 2.75) is 51.8 Å². The monoisotopic (exact) mass is 203 g/mol. The van der Waals surface area contributed by atoms with Crippen LogP contribution in [-0.2, 0) is 9.09 Å². The summed E-state index contributed by atoms with van der Waals surface area (Å²) in [5.41, 5.74) is 0.0983. The summed E-state index contributed by atoms with van der Waals surface area (Å²) in [4.78, 5) is 0. The third-order valence-corrected chi connectivity index (χ3v) is 3.30. The maximum absolute atomic E-state index is 11.4. The van der Waals surface area contributed by atoms with Gasteiger partial charge in [0.2, 0.25) is 0 Å². The minimum absolute atomic E-state index is 0.00608. The lowest BCUT2D eigenvalue weighted by Crippen LogP contribution is -2.08. The number of nitriles is 1. The lowest BCUT2D eigenvalue weighted by atomic mass is 10.2. The highest BCUT2D eigenvalue weighted by Gasteiger charge is 2.12. The van der Waals surface area contributed by atoms with Crippen molar-refractivity contribution in [2.24, 2.45) is 0 Å². The summed E-state index contributed by atoms with van der Waals surface area (Å²) in [6, 6.07) is 2.06. The molecule has 13 heavy (non-hydrogen) atoms. The van der Waals surface area contributed by atoms with Crippen LogP contribution in [0.15, 0.2) is 0 Å². The van der Waals surface area contributed by atoms with Crippen molar-refractivity contribution in [3.8, 4) is 6.07 Å². The van der Waals surface area contributed by atoms with Crippen LogP contribution in [-0.4, -0.2) is 11.8 Å². The van der Waals surface area contributed by atoms with Gasteiger partial charge in [-0.1, -0.05) is 20.8 Å². The average Bonchev–Trinajstić information content (AvgIpc) is 2.11. The molecule has 0 spiro atoms. The molecular weight excluding hydrogens is 185 g/mol. The highest BCUT2D eigenvalue weighted by molar-refractivity contribution is 7.39. The van der Waals surface area contributed by atoms with Crippen LogP contribution in [0.1, 0.15) is 40.0 Å². The second-order valence-corrected chi connectivity index (χ2v) is 5.35. The molecule has 0 aliphatic carbocycles. The van der Waals surface area contributed by atoms with E-state index in [0.717, 1.165) is 6.42 Å². The van der Waals surface area contributed by atoms with Gasteiger partial charge in [-0.25, -0.2) is 0 Å². The number of hydrogen-bond acceptors (Lipinski definition) is 3.